The first-order chi connectivity index (χ1) is 12.5. The molecule has 0 aliphatic carbocycles. The largest absolute Gasteiger partial charge is 0.302 e. The number of aryl methyl sites for hydroxylation is 2. The summed E-state index contributed by atoms with van der Waals surface area (Å²) >= 11 is 3.26. The summed E-state index contributed by atoms with van der Waals surface area (Å²) in [5, 5.41) is 5.55. The maximum absolute atomic E-state index is 12.3. The number of carbonyl (C=O) groups is 1. The molecule has 0 atom stereocenters. The summed E-state index contributed by atoms with van der Waals surface area (Å²) in [5.41, 5.74) is 5.42. The van der Waals surface area contributed by atoms with Crippen LogP contribution in [0.1, 0.15) is 23.6 Å². The van der Waals surface area contributed by atoms with Gasteiger partial charge in [-0.3, -0.25) is 4.79 Å². The maximum atomic E-state index is 12.3. The molecule has 1 amide bonds. The lowest BCUT2D eigenvalue weighted by Crippen LogP contribution is -2.14. The van der Waals surface area contributed by atoms with Crippen LogP contribution in [-0.4, -0.2) is 16.6 Å². The van der Waals surface area contributed by atoms with Gasteiger partial charge in [-0.25, -0.2) is 4.98 Å². The van der Waals surface area contributed by atoms with Crippen molar-refractivity contribution in [2.45, 2.75) is 32.1 Å². The summed E-state index contributed by atoms with van der Waals surface area (Å²) in [6.07, 6.45) is 0.357. The van der Waals surface area contributed by atoms with Crippen molar-refractivity contribution in [2.24, 2.45) is 0 Å². The standard InChI is InChI=1S/C21H22N2OS2/c1-4-25-17-9-7-16(8-10-17)12-20(24)23-21-22-19(13-26-21)18-11-14(2)5-6-15(18)3/h5-11,13H,4,12H2,1-3H3,(H,22,23,24). The van der Waals surface area contributed by atoms with E-state index in [2.05, 4.69) is 61.4 Å². The fourth-order valence-corrected chi connectivity index (χ4v) is 4.07. The van der Waals surface area contributed by atoms with Gasteiger partial charge in [0.1, 0.15) is 0 Å². The Labute approximate surface area is 162 Å². The minimum absolute atomic E-state index is 0.0391. The van der Waals surface area contributed by atoms with Crippen LogP contribution in [0.15, 0.2) is 52.7 Å². The molecule has 134 valence electrons. The zero-order valence-corrected chi connectivity index (χ0v) is 16.8. The maximum Gasteiger partial charge on any atom is 0.230 e. The zero-order valence-electron chi connectivity index (χ0n) is 15.2. The van der Waals surface area contributed by atoms with Crippen LogP contribution >= 0.6 is 23.1 Å². The second-order valence-corrected chi connectivity index (χ2v) is 8.35. The molecule has 5 heteroatoms. The Hall–Kier alpha value is -2.11. The summed E-state index contributed by atoms with van der Waals surface area (Å²) in [6.45, 7) is 6.28. The highest BCUT2D eigenvalue weighted by molar-refractivity contribution is 7.99. The number of amides is 1. The number of anilines is 1. The Bertz CT molecular complexity index is 901. The van der Waals surface area contributed by atoms with Crippen molar-refractivity contribution in [2.75, 3.05) is 11.1 Å². The van der Waals surface area contributed by atoms with Gasteiger partial charge in [0.2, 0.25) is 5.91 Å². The van der Waals surface area contributed by atoms with Gasteiger partial charge in [0, 0.05) is 15.8 Å². The Kier molecular flexibility index (Phi) is 6.12. The molecular weight excluding hydrogens is 360 g/mol. The highest BCUT2D eigenvalue weighted by Gasteiger charge is 2.10. The molecule has 26 heavy (non-hydrogen) atoms. The number of nitrogens with zero attached hydrogens (tertiary/aromatic N) is 1. The average Bonchev–Trinajstić information content (AvgIpc) is 3.07. The SMILES string of the molecule is CCSc1ccc(CC(=O)Nc2nc(-c3cc(C)ccc3C)cs2)cc1. The minimum Gasteiger partial charge on any atom is -0.302 e. The van der Waals surface area contributed by atoms with Gasteiger partial charge < -0.3 is 5.32 Å². The average molecular weight is 383 g/mol. The Morgan fingerprint density at radius 1 is 1.15 bits per heavy atom. The zero-order chi connectivity index (χ0) is 18.5. The molecule has 3 nitrogen and oxygen atoms in total. The first-order valence-electron chi connectivity index (χ1n) is 8.60. The quantitative estimate of drug-likeness (QED) is 0.554. The van der Waals surface area contributed by atoms with Crippen LogP contribution in [0, 0.1) is 13.8 Å². The molecule has 1 heterocycles. The van der Waals surface area contributed by atoms with Gasteiger partial charge in [-0.05, 0) is 48.9 Å². The van der Waals surface area contributed by atoms with E-state index < -0.39 is 0 Å². The molecule has 0 radical (unpaired) electrons. The second-order valence-electron chi connectivity index (χ2n) is 6.16. The van der Waals surface area contributed by atoms with E-state index >= 15 is 0 Å². The summed E-state index contributed by atoms with van der Waals surface area (Å²) in [7, 11) is 0. The van der Waals surface area contributed by atoms with Crippen LogP contribution in [0.2, 0.25) is 0 Å². The highest BCUT2D eigenvalue weighted by Crippen LogP contribution is 2.28. The van der Waals surface area contributed by atoms with E-state index in [0.717, 1.165) is 22.6 Å². The Morgan fingerprint density at radius 2 is 1.92 bits per heavy atom. The number of thiazole rings is 1. The molecule has 0 bridgehead atoms. The normalized spacial score (nSPS) is 10.7. The van der Waals surface area contributed by atoms with Crippen molar-refractivity contribution in [1.29, 1.82) is 0 Å². The predicted octanol–water partition coefficient (Wildman–Crippen LogP) is 5.72. The number of rotatable bonds is 6. The summed E-state index contributed by atoms with van der Waals surface area (Å²) in [6, 6.07) is 14.5. The molecule has 0 saturated heterocycles. The molecule has 0 spiro atoms. The lowest BCUT2D eigenvalue weighted by molar-refractivity contribution is -0.115. The molecule has 0 fully saturated rings. The first kappa shape index (κ1) is 18.7. The van der Waals surface area contributed by atoms with Crippen molar-refractivity contribution in [3.05, 3.63) is 64.5 Å². The molecule has 0 aliphatic heterocycles. The van der Waals surface area contributed by atoms with Crippen molar-refractivity contribution in [3.8, 4) is 11.3 Å². The van der Waals surface area contributed by atoms with Gasteiger partial charge >= 0.3 is 0 Å². The fourth-order valence-electron chi connectivity index (χ4n) is 2.69. The number of benzene rings is 2. The van der Waals surface area contributed by atoms with E-state index in [-0.39, 0.29) is 5.91 Å². The van der Waals surface area contributed by atoms with Gasteiger partial charge in [-0.2, -0.15) is 0 Å². The number of thioether (sulfide) groups is 1. The molecule has 0 saturated carbocycles. The van der Waals surface area contributed by atoms with Crippen molar-refractivity contribution >= 4 is 34.1 Å². The monoisotopic (exact) mass is 382 g/mol. The van der Waals surface area contributed by atoms with Gasteiger partial charge in [0.05, 0.1) is 12.1 Å². The third-order valence-electron chi connectivity index (χ3n) is 4.02. The van der Waals surface area contributed by atoms with Gasteiger partial charge in [-0.1, -0.05) is 36.8 Å². The summed E-state index contributed by atoms with van der Waals surface area (Å²) in [5.74, 6) is 1.01. The van der Waals surface area contributed by atoms with E-state index in [0.29, 0.717) is 11.6 Å². The Morgan fingerprint density at radius 3 is 2.65 bits per heavy atom. The van der Waals surface area contributed by atoms with Crippen LogP contribution in [0.25, 0.3) is 11.3 Å². The second kappa shape index (κ2) is 8.52. The number of hydrogen-bond acceptors (Lipinski definition) is 4. The number of nitrogens with one attached hydrogen (secondary N) is 1. The molecular formula is C21H22N2OS2. The van der Waals surface area contributed by atoms with E-state index in [1.807, 2.05) is 17.5 Å². The van der Waals surface area contributed by atoms with Crippen molar-refractivity contribution in [1.82, 2.24) is 4.98 Å². The molecule has 3 rings (SSSR count). The molecule has 2 aromatic carbocycles. The van der Waals surface area contributed by atoms with Crippen LogP contribution in [0.5, 0.6) is 0 Å². The third-order valence-corrected chi connectivity index (χ3v) is 5.67. The lowest BCUT2D eigenvalue weighted by Gasteiger charge is -2.05. The number of aromatic nitrogens is 1. The number of hydrogen-bond donors (Lipinski definition) is 1. The van der Waals surface area contributed by atoms with Crippen molar-refractivity contribution < 1.29 is 4.79 Å². The molecule has 3 aromatic rings. The molecule has 1 N–H and O–H groups in total. The van der Waals surface area contributed by atoms with Crippen LogP contribution in [0.4, 0.5) is 5.13 Å². The van der Waals surface area contributed by atoms with Crippen molar-refractivity contribution in [3.63, 3.8) is 0 Å². The summed E-state index contributed by atoms with van der Waals surface area (Å²) in [4.78, 5) is 18.1. The summed E-state index contributed by atoms with van der Waals surface area (Å²) < 4.78 is 0. The van der Waals surface area contributed by atoms with E-state index in [4.69, 9.17) is 0 Å². The molecule has 1 aromatic heterocycles. The third kappa shape index (κ3) is 4.74. The van der Waals surface area contributed by atoms with E-state index in [9.17, 15) is 4.79 Å². The smallest absolute Gasteiger partial charge is 0.230 e. The van der Waals surface area contributed by atoms with Crippen LogP contribution in [0.3, 0.4) is 0 Å². The fraction of sp³-hybridized carbons (Fsp3) is 0.238. The molecule has 0 aliphatic rings. The van der Waals surface area contributed by atoms with Gasteiger partial charge in [0.25, 0.3) is 0 Å². The first-order valence-corrected chi connectivity index (χ1v) is 10.5. The van der Waals surface area contributed by atoms with Gasteiger partial charge in [-0.15, -0.1) is 23.1 Å². The van der Waals surface area contributed by atoms with Crippen LogP contribution in [-0.2, 0) is 11.2 Å². The van der Waals surface area contributed by atoms with E-state index in [1.54, 1.807) is 11.8 Å². The topological polar surface area (TPSA) is 42.0 Å². The van der Waals surface area contributed by atoms with E-state index in [1.165, 1.54) is 27.4 Å². The highest BCUT2D eigenvalue weighted by atomic mass is 32.2. The minimum atomic E-state index is -0.0391. The lowest BCUT2D eigenvalue weighted by atomic mass is 10.0. The van der Waals surface area contributed by atoms with Gasteiger partial charge in [0.15, 0.2) is 5.13 Å². The predicted molar refractivity (Wildman–Crippen MR) is 112 cm³/mol. The number of carbonyl (C=O) groups excluding carboxylic acids is 1. The van der Waals surface area contributed by atoms with Crippen LogP contribution < -0.4 is 5.32 Å². The molecule has 0 unspecified atom stereocenters. The Balaban J connectivity index is 1.65.